The lowest BCUT2D eigenvalue weighted by Crippen LogP contribution is -2.61. The molecule has 2 saturated carbocycles. The molecular formula is C16H30N2. The van der Waals surface area contributed by atoms with Gasteiger partial charge >= 0.3 is 0 Å². The van der Waals surface area contributed by atoms with Gasteiger partial charge in [-0.05, 0) is 37.5 Å². The van der Waals surface area contributed by atoms with Crippen molar-refractivity contribution in [3.63, 3.8) is 0 Å². The highest BCUT2D eigenvalue weighted by atomic mass is 15.3. The van der Waals surface area contributed by atoms with E-state index in [2.05, 4.69) is 24.1 Å². The van der Waals surface area contributed by atoms with Crippen LogP contribution in [0.3, 0.4) is 0 Å². The normalized spacial score (nSPS) is 36.2. The van der Waals surface area contributed by atoms with Crippen molar-refractivity contribution in [1.29, 1.82) is 0 Å². The van der Waals surface area contributed by atoms with Crippen LogP contribution in [0.2, 0.25) is 0 Å². The molecular weight excluding hydrogens is 220 g/mol. The maximum atomic E-state index is 3.82. The molecule has 0 aromatic carbocycles. The van der Waals surface area contributed by atoms with Crippen LogP contribution >= 0.6 is 0 Å². The first-order valence-electron chi connectivity index (χ1n) is 8.25. The van der Waals surface area contributed by atoms with Gasteiger partial charge in [0.15, 0.2) is 0 Å². The first kappa shape index (κ1) is 12.9. The van der Waals surface area contributed by atoms with E-state index in [0.717, 1.165) is 30.0 Å². The molecule has 2 heteroatoms. The van der Waals surface area contributed by atoms with Gasteiger partial charge in [-0.1, -0.05) is 33.1 Å². The topological polar surface area (TPSA) is 15.3 Å². The molecule has 2 atom stereocenters. The second-order valence-electron chi connectivity index (χ2n) is 7.15. The van der Waals surface area contributed by atoms with Gasteiger partial charge in [-0.25, -0.2) is 0 Å². The summed E-state index contributed by atoms with van der Waals surface area (Å²) in [5.41, 5.74) is 0. The zero-order valence-corrected chi connectivity index (χ0v) is 12.2. The van der Waals surface area contributed by atoms with E-state index in [1.54, 1.807) is 0 Å². The van der Waals surface area contributed by atoms with Crippen molar-refractivity contribution >= 4 is 0 Å². The van der Waals surface area contributed by atoms with Crippen LogP contribution in [0.15, 0.2) is 0 Å². The molecule has 3 fully saturated rings. The molecule has 0 aromatic rings. The number of hydrogen-bond donors (Lipinski definition) is 1. The molecule has 0 radical (unpaired) electrons. The Morgan fingerprint density at radius 2 is 1.72 bits per heavy atom. The molecule has 2 nitrogen and oxygen atoms in total. The van der Waals surface area contributed by atoms with Crippen LogP contribution in [-0.2, 0) is 0 Å². The highest BCUT2D eigenvalue weighted by Crippen LogP contribution is 2.39. The van der Waals surface area contributed by atoms with Crippen molar-refractivity contribution in [1.82, 2.24) is 10.2 Å². The van der Waals surface area contributed by atoms with Crippen LogP contribution in [0.4, 0.5) is 0 Å². The number of hydrogen-bond acceptors (Lipinski definition) is 2. The minimum absolute atomic E-state index is 0.724. The third-order valence-corrected chi connectivity index (χ3v) is 5.44. The molecule has 2 unspecified atom stereocenters. The van der Waals surface area contributed by atoms with Crippen LogP contribution in [0.1, 0.15) is 58.8 Å². The van der Waals surface area contributed by atoms with Gasteiger partial charge in [0.2, 0.25) is 0 Å². The Balaban J connectivity index is 1.67. The van der Waals surface area contributed by atoms with Crippen LogP contribution in [-0.4, -0.2) is 36.1 Å². The van der Waals surface area contributed by atoms with E-state index in [9.17, 15) is 0 Å². The van der Waals surface area contributed by atoms with Crippen molar-refractivity contribution < 1.29 is 0 Å². The Bertz CT molecular complexity index is 266. The van der Waals surface area contributed by atoms with Gasteiger partial charge in [0.25, 0.3) is 0 Å². The minimum atomic E-state index is 0.724. The highest BCUT2D eigenvalue weighted by molar-refractivity contribution is 4.98. The number of nitrogens with one attached hydrogen (secondary N) is 1. The zero-order chi connectivity index (χ0) is 12.5. The van der Waals surface area contributed by atoms with Gasteiger partial charge in [0, 0.05) is 31.2 Å². The quantitative estimate of drug-likeness (QED) is 0.828. The molecule has 1 N–H and O–H groups in total. The Kier molecular flexibility index (Phi) is 3.95. The predicted molar refractivity (Wildman–Crippen MR) is 76.7 cm³/mol. The van der Waals surface area contributed by atoms with Crippen molar-refractivity contribution in [2.75, 3.05) is 13.1 Å². The number of rotatable bonds is 3. The minimum Gasteiger partial charge on any atom is -0.311 e. The fraction of sp³-hybridized carbons (Fsp3) is 1.00. The summed E-state index contributed by atoms with van der Waals surface area (Å²) in [4.78, 5) is 2.93. The van der Waals surface area contributed by atoms with Gasteiger partial charge in [0.05, 0.1) is 0 Å². The molecule has 1 aliphatic heterocycles. The lowest BCUT2D eigenvalue weighted by Gasteiger charge is -2.47. The summed E-state index contributed by atoms with van der Waals surface area (Å²) < 4.78 is 0. The summed E-state index contributed by atoms with van der Waals surface area (Å²) in [5, 5.41) is 3.82. The van der Waals surface area contributed by atoms with Crippen LogP contribution < -0.4 is 5.32 Å². The predicted octanol–water partition coefficient (Wildman–Crippen LogP) is 3.03. The molecule has 3 aliphatic rings. The van der Waals surface area contributed by atoms with Crippen molar-refractivity contribution in [2.24, 2.45) is 11.8 Å². The maximum Gasteiger partial charge on any atom is 0.0252 e. The Hall–Kier alpha value is -0.0800. The van der Waals surface area contributed by atoms with Gasteiger partial charge in [-0.2, -0.15) is 0 Å². The Morgan fingerprint density at radius 3 is 2.33 bits per heavy atom. The monoisotopic (exact) mass is 250 g/mol. The van der Waals surface area contributed by atoms with E-state index < -0.39 is 0 Å². The van der Waals surface area contributed by atoms with E-state index in [1.807, 2.05) is 0 Å². The molecule has 0 spiro atoms. The first-order chi connectivity index (χ1) is 8.75. The van der Waals surface area contributed by atoms with E-state index in [4.69, 9.17) is 0 Å². The average Bonchev–Trinajstić information content (AvgIpc) is 3.23. The van der Waals surface area contributed by atoms with E-state index in [-0.39, 0.29) is 0 Å². The largest absolute Gasteiger partial charge is 0.311 e. The summed E-state index contributed by atoms with van der Waals surface area (Å²) in [6, 6.07) is 2.50. The maximum absolute atomic E-state index is 3.82. The summed E-state index contributed by atoms with van der Waals surface area (Å²) in [5.74, 6) is 1.80. The number of nitrogens with zero attached hydrogens (tertiary/aromatic N) is 1. The molecule has 18 heavy (non-hydrogen) atoms. The molecule has 3 rings (SSSR count). The Morgan fingerprint density at radius 1 is 1.00 bits per heavy atom. The third kappa shape index (κ3) is 2.75. The third-order valence-electron chi connectivity index (χ3n) is 5.44. The number of piperazine rings is 1. The standard InChI is InChI=1S/C16H30N2/c1-12(2)15-11-18(14-6-4-3-5-7-14)16(10-17-15)13-8-9-13/h12-17H,3-11H2,1-2H3. The van der Waals surface area contributed by atoms with Crippen LogP contribution in [0.25, 0.3) is 0 Å². The zero-order valence-electron chi connectivity index (χ0n) is 12.2. The summed E-state index contributed by atoms with van der Waals surface area (Å²) in [6.07, 6.45) is 10.3. The molecule has 0 amide bonds. The smallest absolute Gasteiger partial charge is 0.0252 e. The fourth-order valence-corrected chi connectivity index (χ4v) is 4.01. The molecule has 104 valence electrons. The van der Waals surface area contributed by atoms with E-state index in [0.29, 0.717) is 0 Å². The van der Waals surface area contributed by atoms with Gasteiger partial charge < -0.3 is 5.32 Å². The second-order valence-corrected chi connectivity index (χ2v) is 7.15. The van der Waals surface area contributed by atoms with Crippen LogP contribution in [0.5, 0.6) is 0 Å². The van der Waals surface area contributed by atoms with E-state index >= 15 is 0 Å². The van der Waals surface area contributed by atoms with E-state index in [1.165, 1.54) is 58.0 Å². The molecule has 0 aromatic heterocycles. The first-order valence-corrected chi connectivity index (χ1v) is 8.25. The van der Waals surface area contributed by atoms with Crippen molar-refractivity contribution in [3.05, 3.63) is 0 Å². The summed E-state index contributed by atoms with van der Waals surface area (Å²) >= 11 is 0. The SMILES string of the molecule is CC(C)C1CN(C2CCCCC2)C(C2CC2)CN1. The Labute approximate surface area is 113 Å². The second kappa shape index (κ2) is 5.50. The molecule has 1 saturated heterocycles. The van der Waals surface area contributed by atoms with Gasteiger partial charge in [0.1, 0.15) is 0 Å². The molecule has 1 heterocycles. The molecule has 2 aliphatic carbocycles. The summed E-state index contributed by atoms with van der Waals surface area (Å²) in [6.45, 7) is 7.30. The average molecular weight is 250 g/mol. The lowest BCUT2D eigenvalue weighted by atomic mass is 9.89. The van der Waals surface area contributed by atoms with Crippen molar-refractivity contribution in [2.45, 2.75) is 76.9 Å². The molecule has 0 bridgehead atoms. The van der Waals surface area contributed by atoms with Crippen molar-refractivity contribution in [3.8, 4) is 0 Å². The van der Waals surface area contributed by atoms with Gasteiger partial charge in [-0.3, -0.25) is 4.90 Å². The van der Waals surface area contributed by atoms with Crippen LogP contribution in [0, 0.1) is 11.8 Å². The highest BCUT2D eigenvalue weighted by Gasteiger charge is 2.41. The lowest BCUT2D eigenvalue weighted by molar-refractivity contribution is 0.0414. The summed E-state index contributed by atoms with van der Waals surface area (Å²) in [7, 11) is 0. The van der Waals surface area contributed by atoms with Gasteiger partial charge in [-0.15, -0.1) is 0 Å². The fourth-order valence-electron chi connectivity index (χ4n) is 4.01.